The van der Waals surface area contributed by atoms with E-state index < -0.39 is 6.17 Å². The quantitative estimate of drug-likeness (QED) is 0.714. The van der Waals surface area contributed by atoms with Gasteiger partial charge < -0.3 is 9.26 Å². The molecular weight excluding hydrogens is 343 g/mol. The van der Waals surface area contributed by atoms with Crippen molar-refractivity contribution in [2.75, 3.05) is 27.2 Å². The number of halogens is 1. The Kier molecular flexibility index (Phi) is 6.16. The lowest BCUT2D eigenvalue weighted by atomic mass is 10.2. The summed E-state index contributed by atoms with van der Waals surface area (Å²) in [5, 5.41) is 6.01. The van der Waals surface area contributed by atoms with E-state index in [-0.39, 0.29) is 12.1 Å². The van der Waals surface area contributed by atoms with E-state index in [9.17, 15) is 4.39 Å². The highest BCUT2D eigenvalue weighted by atomic mass is 32.1. The Morgan fingerprint density at radius 1 is 1.56 bits per heavy atom. The summed E-state index contributed by atoms with van der Waals surface area (Å²) in [4.78, 5) is 9.98. The zero-order valence-corrected chi connectivity index (χ0v) is 15.7. The van der Waals surface area contributed by atoms with Gasteiger partial charge in [0.25, 0.3) is 0 Å². The van der Waals surface area contributed by atoms with Crippen molar-refractivity contribution in [1.82, 2.24) is 19.9 Å². The minimum atomic E-state index is -0.754. The zero-order chi connectivity index (χ0) is 17.8. The number of likely N-dealkylation sites (tertiary alicyclic amines) is 1. The molecule has 0 saturated carbocycles. The van der Waals surface area contributed by atoms with Crippen molar-refractivity contribution in [3.8, 4) is 0 Å². The number of aromatic nitrogens is 2. The molecule has 1 unspecified atom stereocenters. The molecule has 3 atom stereocenters. The van der Waals surface area contributed by atoms with Gasteiger partial charge in [0.15, 0.2) is 5.82 Å². The highest BCUT2D eigenvalue weighted by Gasteiger charge is 2.33. The Balaban J connectivity index is 1.55. The van der Waals surface area contributed by atoms with E-state index >= 15 is 0 Å². The monoisotopic (exact) mass is 368 g/mol. The van der Waals surface area contributed by atoms with Gasteiger partial charge in [-0.1, -0.05) is 11.2 Å². The van der Waals surface area contributed by atoms with Crippen molar-refractivity contribution in [2.24, 2.45) is 0 Å². The Morgan fingerprint density at radius 3 is 3.12 bits per heavy atom. The zero-order valence-electron chi connectivity index (χ0n) is 14.9. The van der Waals surface area contributed by atoms with Crippen molar-refractivity contribution < 1.29 is 13.7 Å². The van der Waals surface area contributed by atoms with Gasteiger partial charge in [0.2, 0.25) is 5.89 Å². The van der Waals surface area contributed by atoms with Crippen molar-refractivity contribution in [3.63, 3.8) is 0 Å². The summed E-state index contributed by atoms with van der Waals surface area (Å²) >= 11 is 1.72. The molecular formula is C17H25FN4O2S. The van der Waals surface area contributed by atoms with Gasteiger partial charge in [-0.05, 0) is 31.8 Å². The summed E-state index contributed by atoms with van der Waals surface area (Å²) in [6, 6.07) is 4.34. The summed E-state index contributed by atoms with van der Waals surface area (Å²) in [6.07, 6.45) is -0.368. The lowest BCUT2D eigenvalue weighted by Gasteiger charge is -2.27. The first-order valence-electron chi connectivity index (χ1n) is 8.49. The molecule has 1 aliphatic rings. The number of methoxy groups -OCH3 is 1. The molecule has 6 nitrogen and oxygen atoms in total. The van der Waals surface area contributed by atoms with Gasteiger partial charge in [-0.15, -0.1) is 11.3 Å². The van der Waals surface area contributed by atoms with Crippen molar-refractivity contribution in [3.05, 3.63) is 34.1 Å². The van der Waals surface area contributed by atoms with E-state index in [4.69, 9.17) is 9.26 Å². The van der Waals surface area contributed by atoms with Crippen LogP contribution in [0.4, 0.5) is 4.39 Å². The summed E-state index contributed by atoms with van der Waals surface area (Å²) in [5.74, 6) is 1.11. The molecule has 0 amide bonds. The number of hydrogen-bond donors (Lipinski definition) is 0. The molecule has 25 heavy (non-hydrogen) atoms. The first-order chi connectivity index (χ1) is 12.0. The van der Waals surface area contributed by atoms with Crippen LogP contribution in [0, 0.1) is 0 Å². The molecule has 8 heteroatoms. The van der Waals surface area contributed by atoms with Gasteiger partial charge in [0, 0.05) is 37.7 Å². The average Bonchev–Trinajstić information content (AvgIpc) is 3.30. The van der Waals surface area contributed by atoms with E-state index in [1.54, 1.807) is 18.4 Å². The van der Waals surface area contributed by atoms with Gasteiger partial charge >= 0.3 is 0 Å². The Labute approximate surface area is 151 Å². The third-order valence-electron chi connectivity index (χ3n) is 4.54. The maximum Gasteiger partial charge on any atom is 0.240 e. The first-order valence-corrected chi connectivity index (χ1v) is 9.37. The average molecular weight is 368 g/mol. The number of hydrogen-bond acceptors (Lipinski definition) is 7. The number of rotatable bonds is 8. The SMILES string of the molecule is COC(C)c1noc(CN(C)C[C@@H]2C[C@H](F)CN2Cc2cccs2)n1. The number of ether oxygens (including phenoxy) is 1. The van der Waals surface area contributed by atoms with Gasteiger partial charge in [-0.2, -0.15) is 4.98 Å². The minimum absolute atomic E-state index is 0.189. The molecule has 2 aromatic heterocycles. The van der Waals surface area contributed by atoms with Gasteiger partial charge in [-0.3, -0.25) is 9.80 Å². The van der Waals surface area contributed by atoms with Crippen LogP contribution in [0.1, 0.15) is 36.0 Å². The van der Waals surface area contributed by atoms with Crippen LogP contribution in [0.5, 0.6) is 0 Å². The molecule has 1 aliphatic heterocycles. The topological polar surface area (TPSA) is 54.6 Å². The summed E-state index contributed by atoms with van der Waals surface area (Å²) in [5.41, 5.74) is 0. The molecule has 0 aliphatic carbocycles. The highest BCUT2D eigenvalue weighted by molar-refractivity contribution is 7.09. The number of nitrogens with zero attached hydrogens (tertiary/aromatic N) is 4. The fourth-order valence-corrected chi connectivity index (χ4v) is 3.90. The second-order valence-corrected chi connectivity index (χ2v) is 7.65. The number of likely N-dealkylation sites (N-methyl/N-ethyl adjacent to an activating group) is 1. The molecule has 138 valence electrons. The predicted octanol–water partition coefficient (Wildman–Crippen LogP) is 2.88. The van der Waals surface area contributed by atoms with E-state index in [1.807, 2.05) is 20.0 Å². The van der Waals surface area contributed by atoms with Gasteiger partial charge in [0.05, 0.1) is 6.54 Å². The fourth-order valence-electron chi connectivity index (χ4n) is 3.17. The molecule has 0 spiro atoms. The standard InChI is InChI=1S/C17H25FN4O2S/c1-12(23-3)17-19-16(24-20-17)11-21(2)9-14-7-13(18)8-22(14)10-15-5-4-6-25-15/h4-6,12-14H,7-11H2,1-3H3/t12?,13-,14-/m0/s1. The van der Waals surface area contributed by atoms with Gasteiger partial charge in [0.1, 0.15) is 12.3 Å². The fraction of sp³-hybridized carbons (Fsp3) is 0.647. The Morgan fingerprint density at radius 2 is 2.40 bits per heavy atom. The molecule has 3 heterocycles. The maximum atomic E-state index is 13.9. The van der Waals surface area contributed by atoms with Crippen LogP contribution in [0.3, 0.4) is 0 Å². The summed E-state index contributed by atoms with van der Waals surface area (Å²) in [7, 11) is 3.61. The molecule has 3 rings (SSSR count). The lowest BCUT2D eigenvalue weighted by Crippen LogP contribution is -2.38. The van der Waals surface area contributed by atoms with Crippen LogP contribution in [0.25, 0.3) is 0 Å². The lowest BCUT2D eigenvalue weighted by molar-refractivity contribution is 0.109. The second-order valence-electron chi connectivity index (χ2n) is 6.62. The predicted molar refractivity (Wildman–Crippen MR) is 94.1 cm³/mol. The maximum absolute atomic E-state index is 13.9. The smallest absolute Gasteiger partial charge is 0.240 e. The van der Waals surface area contributed by atoms with Crippen LogP contribution in [0.15, 0.2) is 22.0 Å². The molecule has 0 radical (unpaired) electrons. The molecule has 1 saturated heterocycles. The normalized spacial score (nSPS) is 22.8. The van der Waals surface area contributed by atoms with Crippen LogP contribution in [-0.4, -0.2) is 59.4 Å². The largest absolute Gasteiger partial charge is 0.374 e. The van der Waals surface area contributed by atoms with E-state index in [0.717, 1.165) is 13.1 Å². The second kappa shape index (κ2) is 8.35. The van der Waals surface area contributed by atoms with Crippen LogP contribution in [0.2, 0.25) is 0 Å². The van der Waals surface area contributed by atoms with Crippen LogP contribution >= 0.6 is 11.3 Å². The summed E-state index contributed by atoms with van der Waals surface area (Å²) < 4.78 is 24.4. The first kappa shape index (κ1) is 18.4. The molecule has 0 aromatic carbocycles. The van der Waals surface area contributed by atoms with Crippen molar-refractivity contribution in [1.29, 1.82) is 0 Å². The van der Waals surface area contributed by atoms with E-state index in [0.29, 0.717) is 31.2 Å². The van der Waals surface area contributed by atoms with Crippen LogP contribution < -0.4 is 0 Å². The van der Waals surface area contributed by atoms with Gasteiger partial charge in [-0.25, -0.2) is 4.39 Å². The van der Waals surface area contributed by atoms with Crippen LogP contribution in [-0.2, 0) is 17.8 Å². The third kappa shape index (κ3) is 4.84. The highest BCUT2D eigenvalue weighted by Crippen LogP contribution is 2.25. The molecule has 1 fully saturated rings. The van der Waals surface area contributed by atoms with E-state index in [2.05, 4.69) is 31.4 Å². The Hall–Kier alpha value is -1.35. The van der Waals surface area contributed by atoms with Crippen molar-refractivity contribution >= 4 is 11.3 Å². The molecule has 2 aromatic rings. The van der Waals surface area contributed by atoms with E-state index in [1.165, 1.54) is 4.88 Å². The minimum Gasteiger partial charge on any atom is -0.374 e. The van der Waals surface area contributed by atoms with Crippen molar-refractivity contribution in [2.45, 2.75) is 44.8 Å². The summed E-state index contributed by atoms with van der Waals surface area (Å²) in [6.45, 7) is 4.51. The molecule has 0 bridgehead atoms. The number of alkyl halides is 1. The third-order valence-corrected chi connectivity index (χ3v) is 5.41. The number of thiophene rings is 1. The molecule has 0 N–H and O–H groups in total. The Bertz CT molecular complexity index is 651.